The Hall–Kier alpha value is -1.72. The van der Waals surface area contributed by atoms with Gasteiger partial charge in [-0.05, 0) is 30.0 Å². The standard InChI is InChI=1S/C14H10ClFN2OS/c1-8-2-3-9(6-11(8)16)19-7-12-17-13(15)10-4-5-20-14(10)18-12/h2-6H,7H2,1H3. The van der Waals surface area contributed by atoms with Crippen molar-refractivity contribution in [3.05, 3.63) is 52.0 Å². The highest BCUT2D eigenvalue weighted by molar-refractivity contribution is 7.16. The lowest BCUT2D eigenvalue weighted by molar-refractivity contribution is 0.295. The van der Waals surface area contributed by atoms with Crippen LogP contribution >= 0.6 is 22.9 Å². The Morgan fingerprint density at radius 3 is 2.95 bits per heavy atom. The van der Waals surface area contributed by atoms with E-state index in [0.29, 0.717) is 22.3 Å². The summed E-state index contributed by atoms with van der Waals surface area (Å²) in [6, 6.07) is 6.60. The van der Waals surface area contributed by atoms with Crippen LogP contribution in [0.4, 0.5) is 4.39 Å². The highest BCUT2D eigenvalue weighted by Crippen LogP contribution is 2.25. The fourth-order valence-corrected chi connectivity index (χ4v) is 2.83. The van der Waals surface area contributed by atoms with E-state index in [0.717, 1.165) is 10.2 Å². The van der Waals surface area contributed by atoms with Crippen LogP contribution in [0.5, 0.6) is 5.75 Å². The molecule has 0 bridgehead atoms. The third-order valence-corrected chi connectivity index (χ3v) is 3.93. The van der Waals surface area contributed by atoms with Crippen LogP contribution in [0.2, 0.25) is 5.15 Å². The summed E-state index contributed by atoms with van der Waals surface area (Å²) >= 11 is 7.56. The van der Waals surface area contributed by atoms with Gasteiger partial charge < -0.3 is 4.74 Å². The van der Waals surface area contributed by atoms with Gasteiger partial charge in [0.2, 0.25) is 0 Å². The maximum absolute atomic E-state index is 13.4. The predicted molar refractivity (Wildman–Crippen MR) is 77.9 cm³/mol. The summed E-state index contributed by atoms with van der Waals surface area (Å²) in [6.45, 7) is 1.85. The molecule has 0 atom stereocenters. The molecule has 2 heterocycles. The van der Waals surface area contributed by atoms with Crippen LogP contribution in [0.15, 0.2) is 29.6 Å². The molecule has 0 fully saturated rings. The van der Waals surface area contributed by atoms with Gasteiger partial charge in [-0.25, -0.2) is 14.4 Å². The lowest BCUT2D eigenvalue weighted by Crippen LogP contribution is -2.02. The van der Waals surface area contributed by atoms with Gasteiger partial charge in [-0.2, -0.15) is 0 Å². The van der Waals surface area contributed by atoms with Crippen LogP contribution in [0.1, 0.15) is 11.4 Å². The first-order chi connectivity index (χ1) is 9.63. The molecule has 0 amide bonds. The molecular weight excluding hydrogens is 299 g/mol. The molecule has 0 saturated heterocycles. The Balaban J connectivity index is 1.80. The lowest BCUT2D eigenvalue weighted by Gasteiger charge is -2.06. The van der Waals surface area contributed by atoms with Gasteiger partial charge in [0.1, 0.15) is 28.2 Å². The molecule has 0 aliphatic rings. The van der Waals surface area contributed by atoms with E-state index in [2.05, 4.69) is 9.97 Å². The number of aromatic nitrogens is 2. The molecule has 20 heavy (non-hydrogen) atoms. The summed E-state index contributed by atoms with van der Waals surface area (Å²) < 4.78 is 18.9. The molecule has 6 heteroatoms. The van der Waals surface area contributed by atoms with E-state index in [1.54, 1.807) is 19.1 Å². The monoisotopic (exact) mass is 308 g/mol. The van der Waals surface area contributed by atoms with E-state index in [1.807, 2.05) is 11.4 Å². The van der Waals surface area contributed by atoms with E-state index in [4.69, 9.17) is 16.3 Å². The molecule has 0 aliphatic carbocycles. The molecule has 3 nitrogen and oxygen atoms in total. The summed E-state index contributed by atoms with van der Waals surface area (Å²) in [5.41, 5.74) is 0.580. The van der Waals surface area contributed by atoms with E-state index in [-0.39, 0.29) is 12.4 Å². The molecule has 0 aliphatic heterocycles. The van der Waals surface area contributed by atoms with Crippen molar-refractivity contribution >= 4 is 33.2 Å². The molecule has 3 rings (SSSR count). The first-order valence-corrected chi connectivity index (χ1v) is 7.18. The van der Waals surface area contributed by atoms with Crippen molar-refractivity contribution < 1.29 is 9.13 Å². The van der Waals surface area contributed by atoms with E-state index >= 15 is 0 Å². The minimum atomic E-state index is -0.296. The van der Waals surface area contributed by atoms with Gasteiger partial charge in [0.25, 0.3) is 0 Å². The number of nitrogens with zero attached hydrogens (tertiary/aromatic N) is 2. The zero-order chi connectivity index (χ0) is 14.1. The summed E-state index contributed by atoms with van der Waals surface area (Å²) in [5.74, 6) is 0.625. The van der Waals surface area contributed by atoms with Crippen LogP contribution in [-0.4, -0.2) is 9.97 Å². The average Bonchev–Trinajstić information content (AvgIpc) is 2.89. The third kappa shape index (κ3) is 2.59. The van der Waals surface area contributed by atoms with Crippen LogP contribution in [-0.2, 0) is 6.61 Å². The Bertz CT molecular complexity index is 775. The zero-order valence-corrected chi connectivity index (χ0v) is 12.1. The Morgan fingerprint density at radius 1 is 1.30 bits per heavy atom. The second kappa shape index (κ2) is 5.34. The van der Waals surface area contributed by atoms with Gasteiger partial charge in [0.05, 0.1) is 0 Å². The van der Waals surface area contributed by atoms with Gasteiger partial charge in [0.15, 0.2) is 5.82 Å². The summed E-state index contributed by atoms with van der Waals surface area (Å²) in [4.78, 5) is 9.34. The second-order valence-electron chi connectivity index (χ2n) is 4.27. The molecular formula is C14H10ClFN2OS. The summed E-state index contributed by atoms with van der Waals surface area (Å²) in [5, 5.41) is 3.15. The minimum absolute atomic E-state index is 0.149. The Morgan fingerprint density at radius 2 is 2.15 bits per heavy atom. The minimum Gasteiger partial charge on any atom is -0.486 e. The topological polar surface area (TPSA) is 35.0 Å². The fraction of sp³-hybridized carbons (Fsp3) is 0.143. The number of halogens is 2. The number of benzene rings is 1. The molecule has 0 spiro atoms. The highest BCUT2D eigenvalue weighted by Gasteiger charge is 2.08. The lowest BCUT2D eigenvalue weighted by atomic mass is 10.2. The first kappa shape index (κ1) is 13.3. The molecule has 3 aromatic rings. The number of thiophene rings is 1. The maximum Gasteiger partial charge on any atom is 0.169 e. The molecule has 102 valence electrons. The van der Waals surface area contributed by atoms with Crippen molar-refractivity contribution in [1.29, 1.82) is 0 Å². The normalized spacial score (nSPS) is 10.9. The average molecular weight is 309 g/mol. The van der Waals surface area contributed by atoms with Crippen LogP contribution in [0, 0.1) is 12.7 Å². The smallest absolute Gasteiger partial charge is 0.169 e. The van der Waals surface area contributed by atoms with Crippen molar-refractivity contribution in [3.63, 3.8) is 0 Å². The van der Waals surface area contributed by atoms with Gasteiger partial charge >= 0.3 is 0 Å². The quantitative estimate of drug-likeness (QED) is 0.674. The van der Waals surface area contributed by atoms with Gasteiger partial charge in [-0.3, -0.25) is 0 Å². The van der Waals surface area contributed by atoms with Crippen molar-refractivity contribution in [3.8, 4) is 5.75 Å². The van der Waals surface area contributed by atoms with Gasteiger partial charge in [-0.1, -0.05) is 17.7 Å². The van der Waals surface area contributed by atoms with Crippen molar-refractivity contribution in [1.82, 2.24) is 9.97 Å². The highest BCUT2D eigenvalue weighted by atomic mass is 35.5. The number of hydrogen-bond donors (Lipinski definition) is 0. The Kier molecular flexibility index (Phi) is 3.54. The SMILES string of the molecule is Cc1ccc(OCc2nc(Cl)c3ccsc3n2)cc1F. The van der Waals surface area contributed by atoms with E-state index in [1.165, 1.54) is 17.4 Å². The molecule has 0 saturated carbocycles. The van der Waals surface area contributed by atoms with Crippen LogP contribution in [0.3, 0.4) is 0 Å². The number of rotatable bonds is 3. The fourth-order valence-electron chi connectivity index (χ4n) is 1.74. The molecule has 0 radical (unpaired) electrons. The molecule has 0 unspecified atom stereocenters. The van der Waals surface area contributed by atoms with Gasteiger partial charge in [0, 0.05) is 11.5 Å². The molecule has 0 N–H and O–H groups in total. The zero-order valence-electron chi connectivity index (χ0n) is 10.6. The largest absolute Gasteiger partial charge is 0.486 e. The van der Waals surface area contributed by atoms with E-state index in [9.17, 15) is 4.39 Å². The van der Waals surface area contributed by atoms with E-state index < -0.39 is 0 Å². The predicted octanol–water partition coefficient (Wildman–Crippen LogP) is 4.37. The van der Waals surface area contributed by atoms with Crippen molar-refractivity contribution in [2.24, 2.45) is 0 Å². The maximum atomic E-state index is 13.4. The number of fused-ring (bicyclic) bond motifs is 1. The van der Waals surface area contributed by atoms with Crippen molar-refractivity contribution in [2.75, 3.05) is 0 Å². The van der Waals surface area contributed by atoms with Crippen LogP contribution < -0.4 is 4.74 Å². The second-order valence-corrected chi connectivity index (χ2v) is 5.52. The third-order valence-electron chi connectivity index (χ3n) is 2.84. The summed E-state index contributed by atoms with van der Waals surface area (Å²) in [6.07, 6.45) is 0. The number of ether oxygens (including phenoxy) is 1. The molecule has 2 aromatic heterocycles. The first-order valence-electron chi connectivity index (χ1n) is 5.92. The number of aryl methyl sites for hydroxylation is 1. The van der Waals surface area contributed by atoms with Gasteiger partial charge in [-0.15, -0.1) is 11.3 Å². The summed E-state index contributed by atoms with van der Waals surface area (Å²) in [7, 11) is 0. The van der Waals surface area contributed by atoms with Crippen LogP contribution in [0.25, 0.3) is 10.2 Å². The number of hydrogen-bond acceptors (Lipinski definition) is 4. The molecule has 1 aromatic carbocycles. The van der Waals surface area contributed by atoms with Crippen molar-refractivity contribution in [2.45, 2.75) is 13.5 Å². The Labute approximate surface area is 124 Å².